The Morgan fingerprint density at radius 3 is 2.25 bits per heavy atom. The fraction of sp³-hybridized carbons (Fsp3) is 0.500. The fourth-order valence-electron chi connectivity index (χ4n) is 2.49. The Balaban J connectivity index is 2.74. The smallest absolute Gasteiger partial charge is 0.408 e. The summed E-state index contributed by atoms with van der Waals surface area (Å²) in [6, 6.07) is 9.22. The summed E-state index contributed by atoms with van der Waals surface area (Å²) in [4.78, 5) is 36.7. The summed E-state index contributed by atoms with van der Waals surface area (Å²) in [6.45, 7) is 5.25. The first kappa shape index (κ1) is 23.0. The van der Waals surface area contributed by atoms with Gasteiger partial charge in [0.2, 0.25) is 5.91 Å². The molecule has 0 fully saturated rings. The average molecular weight is 389 g/mol. The molecule has 0 aliphatic carbocycles. The van der Waals surface area contributed by atoms with Gasteiger partial charge in [-0.3, -0.25) is 4.79 Å². The van der Waals surface area contributed by atoms with Gasteiger partial charge < -0.3 is 20.1 Å². The van der Waals surface area contributed by atoms with Gasteiger partial charge in [-0.2, -0.15) is 5.26 Å². The summed E-state index contributed by atoms with van der Waals surface area (Å²) in [5, 5.41) is 14.0. The average Bonchev–Trinajstić information content (AvgIpc) is 2.68. The fourth-order valence-corrected chi connectivity index (χ4v) is 2.49. The second kappa shape index (κ2) is 11.6. The van der Waals surface area contributed by atoms with Crippen LogP contribution in [0.5, 0.6) is 0 Å². The lowest BCUT2D eigenvalue weighted by Crippen LogP contribution is -2.55. The number of nitrogens with zero attached hydrogens (tertiary/aromatic N) is 1. The molecule has 1 aromatic carbocycles. The van der Waals surface area contributed by atoms with E-state index >= 15 is 0 Å². The SMILES string of the molecule is COC(=O)[C@H](NC(=O)[C@H](NC(=O)OCc1ccccc1)C(C)C)[C@H](C)CC#N. The molecule has 0 radical (unpaired) electrons. The maximum absolute atomic E-state index is 12.7. The van der Waals surface area contributed by atoms with Gasteiger partial charge in [0, 0.05) is 12.3 Å². The zero-order valence-corrected chi connectivity index (χ0v) is 16.6. The van der Waals surface area contributed by atoms with Crippen LogP contribution in [0, 0.1) is 23.2 Å². The molecular weight excluding hydrogens is 362 g/mol. The van der Waals surface area contributed by atoms with Gasteiger partial charge in [0.05, 0.1) is 13.2 Å². The third kappa shape index (κ3) is 7.27. The maximum Gasteiger partial charge on any atom is 0.408 e. The summed E-state index contributed by atoms with van der Waals surface area (Å²) in [7, 11) is 1.21. The predicted molar refractivity (Wildman–Crippen MR) is 102 cm³/mol. The van der Waals surface area contributed by atoms with Gasteiger partial charge in [0.1, 0.15) is 18.7 Å². The Hall–Kier alpha value is -3.08. The topological polar surface area (TPSA) is 118 Å². The van der Waals surface area contributed by atoms with Crippen molar-refractivity contribution in [1.82, 2.24) is 10.6 Å². The molecule has 3 atom stereocenters. The number of carbonyl (C=O) groups is 3. The third-order valence-electron chi connectivity index (χ3n) is 4.17. The van der Waals surface area contributed by atoms with Crippen LogP contribution < -0.4 is 10.6 Å². The van der Waals surface area contributed by atoms with Crippen molar-refractivity contribution in [2.24, 2.45) is 11.8 Å². The number of esters is 1. The molecule has 0 heterocycles. The Morgan fingerprint density at radius 1 is 1.07 bits per heavy atom. The standard InChI is InChI=1S/C20H27N3O5/c1-13(2)16(23-20(26)28-12-15-8-6-5-7-9-15)18(24)22-17(19(25)27-4)14(3)10-11-21/h5-9,13-14,16-17H,10,12H2,1-4H3,(H,22,24)(H,23,26)/t14-,16-,17-/m1/s1. The Kier molecular flexibility index (Phi) is 9.51. The predicted octanol–water partition coefficient (Wildman–Crippen LogP) is 2.14. The summed E-state index contributed by atoms with van der Waals surface area (Å²) in [6.07, 6.45) is -0.670. The number of alkyl carbamates (subject to hydrolysis) is 1. The van der Waals surface area contributed by atoms with Crippen molar-refractivity contribution in [2.45, 2.75) is 45.9 Å². The van der Waals surface area contributed by atoms with Crippen LogP contribution in [0.2, 0.25) is 0 Å². The van der Waals surface area contributed by atoms with Gasteiger partial charge in [-0.1, -0.05) is 51.1 Å². The zero-order valence-electron chi connectivity index (χ0n) is 16.6. The molecule has 8 heteroatoms. The number of benzene rings is 1. The summed E-state index contributed by atoms with van der Waals surface area (Å²) in [5.41, 5.74) is 0.819. The van der Waals surface area contributed by atoms with E-state index in [1.54, 1.807) is 20.8 Å². The molecule has 0 aliphatic heterocycles. The molecule has 0 bridgehead atoms. The van der Waals surface area contributed by atoms with Crippen LogP contribution in [0.1, 0.15) is 32.8 Å². The molecular formula is C20H27N3O5. The first-order valence-corrected chi connectivity index (χ1v) is 9.02. The molecule has 8 nitrogen and oxygen atoms in total. The van der Waals surface area contributed by atoms with E-state index in [1.165, 1.54) is 7.11 Å². The zero-order chi connectivity index (χ0) is 21.1. The van der Waals surface area contributed by atoms with Gasteiger partial charge in [0.25, 0.3) is 0 Å². The summed E-state index contributed by atoms with van der Waals surface area (Å²) < 4.78 is 9.87. The number of hydrogen-bond acceptors (Lipinski definition) is 6. The van der Waals surface area contributed by atoms with E-state index in [0.717, 1.165) is 5.56 Å². The summed E-state index contributed by atoms with van der Waals surface area (Å²) in [5.74, 6) is -1.90. The third-order valence-corrected chi connectivity index (χ3v) is 4.17. The van der Waals surface area contributed by atoms with Crippen molar-refractivity contribution in [2.75, 3.05) is 7.11 Å². The van der Waals surface area contributed by atoms with E-state index in [0.29, 0.717) is 0 Å². The Labute approximate surface area is 165 Å². The van der Waals surface area contributed by atoms with E-state index < -0.39 is 36.0 Å². The van der Waals surface area contributed by atoms with E-state index in [1.807, 2.05) is 36.4 Å². The van der Waals surface area contributed by atoms with Crippen LogP contribution in [0.15, 0.2) is 30.3 Å². The minimum absolute atomic E-state index is 0.0684. The van der Waals surface area contributed by atoms with Gasteiger partial charge >= 0.3 is 12.1 Å². The largest absolute Gasteiger partial charge is 0.467 e. The van der Waals surface area contributed by atoms with Crippen LogP contribution >= 0.6 is 0 Å². The Bertz CT molecular complexity index is 700. The van der Waals surface area contributed by atoms with E-state index in [2.05, 4.69) is 10.6 Å². The van der Waals surface area contributed by atoms with Gasteiger partial charge in [-0.05, 0) is 11.5 Å². The number of hydrogen-bond donors (Lipinski definition) is 2. The highest BCUT2D eigenvalue weighted by Gasteiger charge is 2.32. The molecule has 0 aliphatic rings. The van der Waals surface area contributed by atoms with Crippen LogP contribution in [-0.2, 0) is 25.7 Å². The van der Waals surface area contributed by atoms with Gasteiger partial charge in [-0.25, -0.2) is 9.59 Å². The van der Waals surface area contributed by atoms with E-state index in [9.17, 15) is 14.4 Å². The molecule has 2 amide bonds. The van der Waals surface area contributed by atoms with Crippen LogP contribution in [0.25, 0.3) is 0 Å². The molecule has 0 saturated heterocycles. The highest BCUT2D eigenvalue weighted by molar-refractivity contribution is 5.90. The van der Waals surface area contributed by atoms with Crippen LogP contribution in [0.4, 0.5) is 4.79 Å². The van der Waals surface area contributed by atoms with Crippen LogP contribution in [0.3, 0.4) is 0 Å². The first-order valence-electron chi connectivity index (χ1n) is 9.02. The lowest BCUT2D eigenvalue weighted by atomic mass is 9.97. The maximum atomic E-state index is 12.7. The highest BCUT2D eigenvalue weighted by atomic mass is 16.5. The molecule has 0 spiro atoms. The molecule has 2 N–H and O–H groups in total. The quantitative estimate of drug-likeness (QED) is 0.625. The molecule has 0 aromatic heterocycles. The molecule has 0 saturated carbocycles. The molecule has 1 rings (SSSR count). The molecule has 1 aromatic rings. The van der Waals surface area contributed by atoms with E-state index in [-0.39, 0.29) is 18.9 Å². The van der Waals surface area contributed by atoms with Crippen molar-refractivity contribution >= 4 is 18.0 Å². The highest BCUT2D eigenvalue weighted by Crippen LogP contribution is 2.11. The second-order valence-electron chi connectivity index (χ2n) is 6.78. The lowest BCUT2D eigenvalue weighted by Gasteiger charge is -2.26. The van der Waals surface area contributed by atoms with Crippen molar-refractivity contribution in [1.29, 1.82) is 5.26 Å². The monoisotopic (exact) mass is 389 g/mol. The van der Waals surface area contributed by atoms with Crippen molar-refractivity contribution in [3.63, 3.8) is 0 Å². The number of ether oxygens (including phenoxy) is 2. The number of amides is 2. The van der Waals surface area contributed by atoms with Crippen molar-refractivity contribution < 1.29 is 23.9 Å². The van der Waals surface area contributed by atoms with Crippen LogP contribution in [-0.4, -0.2) is 37.2 Å². The summed E-state index contributed by atoms with van der Waals surface area (Å²) >= 11 is 0. The minimum atomic E-state index is -0.986. The number of nitriles is 1. The molecule has 0 unspecified atom stereocenters. The van der Waals surface area contributed by atoms with Crippen molar-refractivity contribution in [3.8, 4) is 6.07 Å². The van der Waals surface area contributed by atoms with Crippen molar-refractivity contribution in [3.05, 3.63) is 35.9 Å². The number of rotatable bonds is 9. The number of carbonyl (C=O) groups excluding carboxylic acids is 3. The van der Waals surface area contributed by atoms with E-state index in [4.69, 9.17) is 14.7 Å². The Morgan fingerprint density at radius 2 is 1.71 bits per heavy atom. The molecule has 152 valence electrons. The van der Waals surface area contributed by atoms with Gasteiger partial charge in [0.15, 0.2) is 0 Å². The first-order chi connectivity index (χ1) is 13.3. The van der Waals surface area contributed by atoms with Gasteiger partial charge in [-0.15, -0.1) is 0 Å². The lowest BCUT2D eigenvalue weighted by molar-refractivity contribution is -0.146. The number of methoxy groups -OCH3 is 1. The second-order valence-corrected chi connectivity index (χ2v) is 6.78. The minimum Gasteiger partial charge on any atom is -0.467 e. The molecule has 28 heavy (non-hydrogen) atoms. The number of nitrogens with one attached hydrogen (secondary N) is 2. The normalized spacial score (nSPS) is 13.6.